The quantitative estimate of drug-likeness (QED) is 0.814. The standard InChI is InChI=1S/C18H29N5O4/c1-9(2)26-12-10(7-18(3,4)5)27-16(13(12)25-6)23-8-20-11-14(23)21-17(19)22-15(11)24/h8-10,12-13,16H,7H2,1-6H3,(H3,19,21,22,24)/t10-,12?,13?,16-/m1/s1. The third kappa shape index (κ3) is 3.99. The van der Waals surface area contributed by atoms with E-state index in [1.165, 1.54) is 6.33 Å². The first kappa shape index (κ1) is 19.8. The van der Waals surface area contributed by atoms with Crippen LogP contribution in [0, 0.1) is 5.41 Å². The van der Waals surface area contributed by atoms with Gasteiger partial charge in [0, 0.05) is 7.11 Å². The lowest BCUT2D eigenvalue weighted by Gasteiger charge is -2.29. The van der Waals surface area contributed by atoms with Gasteiger partial charge >= 0.3 is 0 Å². The second-order valence-electron chi connectivity index (χ2n) is 8.45. The number of hydrogen-bond donors (Lipinski definition) is 2. The van der Waals surface area contributed by atoms with Crippen LogP contribution < -0.4 is 11.3 Å². The first-order chi connectivity index (χ1) is 12.6. The lowest BCUT2D eigenvalue weighted by atomic mass is 9.87. The van der Waals surface area contributed by atoms with Gasteiger partial charge in [0.2, 0.25) is 5.95 Å². The molecule has 9 nitrogen and oxygen atoms in total. The molecule has 2 unspecified atom stereocenters. The van der Waals surface area contributed by atoms with Crippen molar-refractivity contribution in [3.8, 4) is 0 Å². The Balaban J connectivity index is 2.03. The van der Waals surface area contributed by atoms with Crippen LogP contribution >= 0.6 is 0 Å². The summed E-state index contributed by atoms with van der Waals surface area (Å²) < 4.78 is 20.0. The molecule has 0 radical (unpaired) electrons. The van der Waals surface area contributed by atoms with Gasteiger partial charge in [0.05, 0.1) is 18.5 Å². The van der Waals surface area contributed by atoms with E-state index in [0.717, 1.165) is 6.42 Å². The van der Waals surface area contributed by atoms with Gasteiger partial charge in [0.1, 0.15) is 12.2 Å². The largest absolute Gasteiger partial charge is 0.374 e. The van der Waals surface area contributed by atoms with Crippen molar-refractivity contribution in [1.82, 2.24) is 19.5 Å². The summed E-state index contributed by atoms with van der Waals surface area (Å²) in [5.41, 5.74) is 5.96. The number of ether oxygens (including phenoxy) is 3. The molecule has 4 atom stereocenters. The van der Waals surface area contributed by atoms with E-state index in [-0.39, 0.29) is 46.9 Å². The van der Waals surface area contributed by atoms with E-state index in [0.29, 0.717) is 5.65 Å². The Morgan fingerprint density at radius 2 is 2.07 bits per heavy atom. The van der Waals surface area contributed by atoms with E-state index < -0.39 is 6.23 Å². The van der Waals surface area contributed by atoms with Crippen LogP contribution in [-0.4, -0.2) is 51.0 Å². The lowest BCUT2D eigenvalue weighted by molar-refractivity contribution is -0.0823. The van der Waals surface area contributed by atoms with Crippen molar-refractivity contribution >= 4 is 17.1 Å². The molecule has 1 aliphatic heterocycles. The molecule has 0 spiro atoms. The predicted octanol–water partition coefficient (Wildman–Crippen LogP) is 1.84. The number of aromatic amines is 1. The van der Waals surface area contributed by atoms with Gasteiger partial charge in [-0.3, -0.25) is 14.3 Å². The molecule has 2 aromatic rings. The van der Waals surface area contributed by atoms with Gasteiger partial charge in [0.15, 0.2) is 17.4 Å². The van der Waals surface area contributed by atoms with Crippen molar-refractivity contribution in [2.24, 2.45) is 5.41 Å². The van der Waals surface area contributed by atoms with Crippen LogP contribution in [0.4, 0.5) is 5.95 Å². The number of nitrogens with zero attached hydrogens (tertiary/aromatic N) is 3. The molecule has 1 fully saturated rings. The maximum absolute atomic E-state index is 12.1. The predicted molar refractivity (Wildman–Crippen MR) is 101 cm³/mol. The number of H-pyrrole nitrogens is 1. The van der Waals surface area contributed by atoms with E-state index in [2.05, 4.69) is 35.7 Å². The van der Waals surface area contributed by atoms with Crippen LogP contribution in [0.2, 0.25) is 0 Å². The molecule has 0 saturated carbocycles. The SMILES string of the molecule is COC1C(OC(C)C)[C@@H](CC(C)(C)C)O[C@H]1n1cnc2c(=O)[nH]c(N)nc21. The molecule has 0 aliphatic carbocycles. The summed E-state index contributed by atoms with van der Waals surface area (Å²) in [6.07, 6.45) is 1.03. The van der Waals surface area contributed by atoms with Crippen molar-refractivity contribution < 1.29 is 14.2 Å². The van der Waals surface area contributed by atoms with Crippen LogP contribution in [0.1, 0.15) is 47.3 Å². The first-order valence-corrected chi connectivity index (χ1v) is 9.17. The highest BCUT2D eigenvalue weighted by Gasteiger charge is 2.48. The van der Waals surface area contributed by atoms with Gasteiger partial charge in [-0.2, -0.15) is 4.98 Å². The smallest absolute Gasteiger partial charge is 0.280 e. The summed E-state index contributed by atoms with van der Waals surface area (Å²) in [5.74, 6) is 0.0300. The molecular weight excluding hydrogens is 350 g/mol. The summed E-state index contributed by atoms with van der Waals surface area (Å²) in [6, 6.07) is 0. The van der Waals surface area contributed by atoms with E-state index in [1.807, 2.05) is 13.8 Å². The maximum atomic E-state index is 12.1. The molecule has 150 valence electrons. The molecule has 3 N–H and O–H groups in total. The zero-order valence-electron chi connectivity index (χ0n) is 16.7. The van der Waals surface area contributed by atoms with Gasteiger partial charge < -0.3 is 19.9 Å². The van der Waals surface area contributed by atoms with Crippen molar-refractivity contribution in [2.45, 2.75) is 71.7 Å². The molecule has 9 heteroatoms. The maximum Gasteiger partial charge on any atom is 0.280 e. The Kier molecular flexibility index (Phi) is 5.29. The van der Waals surface area contributed by atoms with Crippen LogP contribution in [-0.2, 0) is 14.2 Å². The Morgan fingerprint density at radius 3 is 2.67 bits per heavy atom. The Morgan fingerprint density at radius 1 is 1.37 bits per heavy atom. The monoisotopic (exact) mass is 379 g/mol. The van der Waals surface area contributed by atoms with Crippen LogP contribution in [0.25, 0.3) is 11.2 Å². The van der Waals surface area contributed by atoms with Gasteiger partial charge in [-0.05, 0) is 25.7 Å². The number of rotatable bonds is 5. The minimum Gasteiger partial charge on any atom is -0.374 e. The van der Waals surface area contributed by atoms with E-state index >= 15 is 0 Å². The summed E-state index contributed by atoms with van der Waals surface area (Å²) in [5, 5.41) is 0. The van der Waals surface area contributed by atoms with Crippen molar-refractivity contribution in [3.63, 3.8) is 0 Å². The summed E-state index contributed by atoms with van der Waals surface area (Å²) in [6.45, 7) is 10.5. The number of nitrogens with two attached hydrogens (primary N) is 1. The number of anilines is 1. The highest BCUT2D eigenvalue weighted by Crippen LogP contribution is 2.39. The fourth-order valence-electron chi connectivity index (χ4n) is 3.56. The molecule has 1 saturated heterocycles. The molecule has 0 amide bonds. The Labute approximate surface area is 158 Å². The average Bonchev–Trinajstić information content (AvgIpc) is 3.07. The fraction of sp³-hybridized carbons (Fsp3) is 0.722. The number of imidazole rings is 1. The fourth-order valence-corrected chi connectivity index (χ4v) is 3.56. The molecule has 1 aliphatic rings. The number of hydrogen-bond acceptors (Lipinski definition) is 7. The molecule has 3 heterocycles. The number of nitrogen functional groups attached to an aromatic ring is 1. The normalized spacial score (nSPS) is 26.3. The summed E-state index contributed by atoms with van der Waals surface area (Å²) >= 11 is 0. The second-order valence-corrected chi connectivity index (χ2v) is 8.45. The molecular formula is C18H29N5O4. The van der Waals surface area contributed by atoms with Gasteiger partial charge in [0.25, 0.3) is 5.56 Å². The lowest BCUT2D eigenvalue weighted by Crippen LogP contribution is -2.39. The molecule has 0 aromatic carbocycles. The Hall–Kier alpha value is -1.97. The molecule has 27 heavy (non-hydrogen) atoms. The minimum absolute atomic E-state index is 0.0219. The molecule has 2 aromatic heterocycles. The number of methoxy groups -OCH3 is 1. The van der Waals surface area contributed by atoms with Gasteiger partial charge in [-0.1, -0.05) is 20.8 Å². The summed E-state index contributed by atoms with van der Waals surface area (Å²) in [4.78, 5) is 23.0. The number of aromatic nitrogens is 4. The minimum atomic E-state index is -0.523. The van der Waals surface area contributed by atoms with Crippen molar-refractivity contribution in [3.05, 3.63) is 16.7 Å². The third-order valence-electron chi connectivity index (χ3n) is 4.53. The van der Waals surface area contributed by atoms with E-state index in [9.17, 15) is 4.79 Å². The van der Waals surface area contributed by atoms with Crippen LogP contribution in [0.3, 0.4) is 0 Å². The zero-order chi connectivity index (χ0) is 19.9. The van der Waals surface area contributed by atoms with E-state index in [4.69, 9.17) is 19.9 Å². The summed E-state index contributed by atoms with van der Waals surface area (Å²) in [7, 11) is 1.63. The van der Waals surface area contributed by atoms with Crippen LogP contribution in [0.15, 0.2) is 11.1 Å². The van der Waals surface area contributed by atoms with E-state index in [1.54, 1.807) is 11.7 Å². The molecule has 0 bridgehead atoms. The van der Waals surface area contributed by atoms with Crippen molar-refractivity contribution in [1.29, 1.82) is 0 Å². The van der Waals surface area contributed by atoms with Gasteiger partial charge in [-0.15, -0.1) is 0 Å². The van der Waals surface area contributed by atoms with Crippen LogP contribution in [0.5, 0.6) is 0 Å². The number of nitrogens with one attached hydrogen (secondary N) is 1. The average molecular weight is 379 g/mol. The van der Waals surface area contributed by atoms with Gasteiger partial charge in [-0.25, -0.2) is 4.98 Å². The topological polar surface area (TPSA) is 117 Å². The number of fused-ring (bicyclic) bond motifs is 1. The van der Waals surface area contributed by atoms with Crippen molar-refractivity contribution in [2.75, 3.05) is 12.8 Å². The Bertz CT molecular complexity index is 854. The second kappa shape index (κ2) is 7.21. The zero-order valence-corrected chi connectivity index (χ0v) is 16.7. The molecule has 3 rings (SSSR count). The third-order valence-corrected chi connectivity index (χ3v) is 4.53. The first-order valence-electron chi connectivity index (χ1n) is 9.17. The highest BCUT2D eigenvalue weighted by molar-refractivity contribution is 5.70. The highest BCUT2D eigenvalue weighted by atomic mass is 16.6.